The molecule has 0 unspecified atom stereocenters. The monoisotopic (exact) mass is 248 g/mol. The van der Waals surface area contributed by atoms with E-state index >= 15 is 0 Å². The maximum atomic E-state index is 11.5. The maximum Gasteiger partial charge on any atom is 0.339 e. The Labute approximate surface area is 103 Å². The molecule has 18 heavy (non-hydrogen) atoms. The van der Waals surface area contributed by atoms with Gasteiger partial charge in [-0.1, -0.05) is 0 Å². The van der Waals surface area contributed by atoms with Gasteiger partial charge >= 0.3 is 5.97 Å². The molecular weight excluding hydrogens is 236 g/mol. The molecule has 2 rings (SSSR count). The number of ether oxygens (including phenoxy) is 2. The van der Waals surface area contributed by atoms with Gasteiger partial charge in [-0.05, 0) is 13.0 Å². The molecule has 2 aromatic rings. The minimum absolute atomic E-state index is 0.180. The minimum Gasteiger partial charge on any atom is -0.491 e. The largest absolute Gasteiger partial charge is 0.491 e. The molecule has 0 aliphatic carbocycles. The third-order valence-electron chi connectivity index (χ3n) is 2.39. The summed E-state index contributed by atoms with van der Waals surface area (Å²) in [4.78, 5) is 29.7. The Morgan fingerprint density at radius 2 is 2.22 bits per heavy atom. The lowest BCUT2D eigenvalue weighted by Crippen LogP contribution is -2.10. The van der Waals surface area contributed by atoms with Crippen LogP contribution in [0.3, 0.4) is 0 Å². The van der Waals surface area contributed by atoms with Crippen LogP contribution in [0.2, 0.25) is 0 Å². The molecular formula is C12H12N2O4. The van der Waals surface area contributed by atoms with Crippen LogP contribution in [0, 0.1) is 0 Å². The van der Waals surface area contributed by atoms with Crippen LogP contribution in [0.5, 0.6) is 5.75 Å². The quantitative estimate of drug-likeness (QED) is 0.823. The third-order valence-corrected chi connectivity index (χ3v) is 2.39. The van der Waals surface area contributed by atoms with Crippen molar-refractivity contribution in [2.75, 3.05) is 13.7 Å². The predicted molar refractivity (Wildman–Crippen MR) is 64.9 cm³/mol. The van der Waals surface area contributed by atoms with Gasteiger partial charge in [0.05, 0.1) is 30.3 Å². The van der Waals surface area contributed by atoms with Crippen LogP contribution in [0.25, 0.3) is 11.0 Å². The molecule has 0 bridgehead atoms. The summed E-state index contributed by atoms with van der Waals surface area (Å²) in [6.07, 6.45) is 1.40. The van der Waals surface area contributed by atoms with Crippen LogP contribution in [-0.4, -0.2) is 29.7 Å². The van der Waals surface area contributed by atoms with Crippen molar-refractivity contribution in [3.05, 3.63) is 34.2 Å². The van der Waals surface area contributed by atoms with Crippen molar-refractivity contribution in [2.45, 2.75) is 6.92 Å². The standard InChI is InChI=1S/C12H12N2O4/c1-3-18-12(16)7-4-9-8(13-6-7)5-10(17-2)11(15)14-9/h4-6H,3H2,1-2H3,(H,14,15). The molecule has 0 aliphatic heterocycles. The van der Waals surface area contributed by atoms with Gasteiger partial charge in [-0.25, -0.2) is 4.79 Å². The fourth-order valence-electron chi connectivity index (χ4n) is 1.54. The van der Waals surface area contributed by atoms with Crippen LogP contribution < -0.4 is 10.3 Å². The molecule has 0 amide bonds. The number of aromatic nitrogens is 2. The Balaban J connectivity index is 2.52. The van der Waals surface area contributed by atoms with E-state index in [1.165, 1.54) is 25.4 Å². The highest BCUT2D eigenvalue weighted by atomic mass is 16.5. The van der Waals surface area contributed by atoms with Gasteiger partial charge in [0, 0.05) is 12.3 Å². The topological polar surface area (TPSA) is 81.3 Å². The Kier molecular flexibility index (Phi) is 3.27. The summed E-state index contributed by atoms with van der Waals surface area (Å²) >= 11 is 0. The van der Waals surface area contributed by atoms with E-state index in [1.807, 2.05) is 0 Å². The van der Waals surface area contributed by atoms with E-state index in [-0.39, 0.29) is 17.9 Å². The smallest absolute Gasteiger partial charge is 0.339 e. The summed E-state index contributed by atoms with van der Waals surface area (Å²) in [7, 11) is 1.41. The number of esters is 1. The van der Waals surface area contributed by atoms with Gasteiger partial charge in [0.15, 0.2) is 5.75 Å². The fourth-order valence-corrected chi connectivity index (χ4v) is 1.54. The number of nitrogens with one attached hydrogen (secondary N) is 1. The first kappa shape index (κ1) is 12.1. The first-order valence-corrected chi connectivity index (χ1v) is 5.40. The molecule has 0 aliphatic rings. The molecule has 0 saturated heterocycles. The van der Waals surface area contributed by atoms with Crippen molar-refractivity contribution >= 4 is 17.0 Å². The second-order valence-electron chi connectivity index (χ2n) is 3.54. The number of H-pyrrole nitrogens is 1. The zero-order chi connectivity index (χ0) is 13.1. The zero-order valence-corrected chi connectivity index (χ0v) is 10.0. The van der Waals surface area contributed by atoms with E-state index < -0.39 is 5.97 Å². The normalized spacial score (nSPS) is 10.3. The molecule has 6 heteroatoms. The number of carbonyl (C=O) groups excluding carboxylic acids is 1. The molecule has 6 nitrogen and oxygen atoms in total. The summed E-state index contributed by atoms with van der Waals surface area (Å²) in [5, 5.41) is 0. The Hall–Kier alpha value is -2.37. The number of aromatic amines is 1. The lowest BCUT2D eigenvalue weighted by atomic mass is 10.2. The molecule has 2 heterocycles. The van der Waals surface area contributed by atoms with Gasteiger partial charge in [-0.2, -0.15) is 0 Å². The first-order chi connectivity index (χ1) is 8.65. The number of carbonyl (C=O) groups is 1. The maximum absolute atomic E-state index is 11.5. The second kappa shape index (κ2) is 4.87. The number of hydrogen-bond donors (Lipinski definition) is 1. The predicted octanol–water partition coefficient (Wildman–Crippen LogP) is 1.11. The highest BCUT2D eigenvalue weighted by Gasteiger charge is 2.10. The Morgan fingerprint density at radius 1 is 1.44 bits per heavy atom. The molecule has 1 N–H and O–H groups in total. The van der Waals surface area contributed by atoms with Crippen LogP contribution >= 0.6 is 0 Å². The average molecular weight is 248 g/mol. The summed E-state index contributed by atoms with van der Waals surface area (Å²) in [6.45, 7) is 2.01. The number of pyridine rings is 2. The number of nitrogens with zero attached hydrogens (tertiary/aromatic N) is 1. The number of fused-ring (bicyclic) bond motifs is 1. The van der Waals surface area contributed by atoms with Gasteiger partial charge < -0.3 is 14.5 Å². The molecule has 0 radical (unpaired) electrons. The van der Waals surface area contributed by atoms with Crippen LogP contribution in [0.1, 0.15) is 17.3 Å². The summed E-state index contributed by atoms with van der Waals surface area (Å²) in [5.41, 5.74) is 0.934. The lowest BCUT2D eigenvalue weighted by molar-refractivity contribution is 0.0526. The molecule has 0 atom stereocenters. The van der Waals surface area contributed by atoms with E-state index in [9.17, 15) is 9.59 Å². The number of rotatable bonds is 3. The van der Waals surface area contributed by atoms with Crippen molar-refractivity contribution in [3.8, 4) is 5.75 Å². The zero-order valence-electron chi connectivity index (χ0n) is 10.0. The van der Waals surface area contributed by atoms with Gasteiger partial charge in [-0.3, -0.25) is 9.78 Å². The van der Waals surface area contributed by atoms with Crippen LogP contribution in [0.4, 0.5) is 0 Å². The van der Waals surface area contributed by atoms with E-state index in [1.54, 1.807) is 6.92 Å². The summed E-state index contributed by atoms with van der Waals surface area (Å²) < 4.78 is 9.75. The van der Waals surface area contributed by atoms with Crippen LogP contribution in [-0.2, 0) is 4.74 Å². The molecule has 0 spiro atoms. The Bertz CT molecular complexity index is 648. The SMILES string of the molecule is CCOC(=O)c1cnc2cc(OC)c(=O)[nH]c2c1. The van der Waals surface area contributed by atoms with E-state index in [0.717, 1.165) is 0 Å². The molecule has 0 aromatic carbocycles. The van der Waals surface area contributed by atoms with Crippen LogP contribution in [0.15, 0.2) is 23.1 Å². The van der Waals surface area contributed by atoms with Crippen molar-refractivity contribution < 1.29 is 14.3 Å². The second-order valence-corrected chi connectivity index (χ2v) is 3.54. The molecule has 0 saturated carbocycles. The molecule has 94 valence electrons. The van der Waals surface area contributed by atoms with Crippen molar-refractivity contribution in [3.63, 3.8) is 0 Å². The van der Waals surface area contributed by atoms with E-state index in [0.29, 0.717) is 16.6 Å². The van der Waals surface area contributed by atoms with Crippen molar-refractivity contribution in [1.82, 2.24) is 9.97 Å². The van der Waals surface area contributed by atoms with Gasteiger partial charge in [0.1, 0.15) is 0 Å². The highest BCUT2D eigenvalue weighted by Crippen LogP contribution is 2.14. The lowest BCUT2D eigenvalue weighted by Gasteiger charge is -2.04. The van der Waals surface area contributed by atoms with Gasteiger partial charge in [0.2, 0.25) is 0 Å². The van der Waals surface area contributed by atoms with Gasteiger partial charge in [-0.15, -0.1) is 0 Å². The van der Waals surface area contributed by atoms with E-state index in [4.69, 9.17) is 9.47 Å². The van der Waals surface area contributed by atoms with Crippen molar-refractivity contribution in [2.24, 2.45) is 0 Å². The van der Waals surface area contributed by atoms with E-state index in [2.05, 4.69) is 9.97 Å². The first-order valence-electron chi connectivity index (χ1n) is 5.40. The third kappa shape index (κ3) is 2.17. The highest BCUT2D eigenvalue weighted by molar-refractivity contribution is 5.92. The summed E-state index contributed by atoms with van der Waals surface area (Å²) in [6, 6.07) is 3.05. The minimum atomic E-state index is -0.469. The van der Waals surface area contributed by atoms with Gasteiger partial charge in [0.25, 0.3) is 5.56 Å². The molecule has 0 fully saturated rings. The fraction of sp³-hybridized carbons (Fsp3) is 0.250. The average Bonchev–Trinajstić information content (AvgIpc) is 2.37. The van der Waals surface area contributed by atoms with Crippen molar-refractivity contribution in [1.29, 1.82) is 0 Å². The number of hydrogen-bond acceptors (Lipinski definition) is 5. The molecule has 2 aromatic heterocycles. The summed E-state index contributed by atoms with van der Waals surface area (Å²) in [5.74, 6) is -0.289. The Morgan fingerprint density at radius 3 is 2.89 bits per heavy atom. The number of methoxy groups -OCH3 is 1.